The van der Waals surface area contributed by atoms with Crippen molar-refractivity contribution in [3.63, 3.8) is 0 Å². The Bertz CT molecular complexity index is 397. The maximum Gasteiger partial charge on any atom is 0.206 e. The highest BCUT2D eigenvalue weighted by Gasteiger charge is 2.09. The molecule has 0 amide bonds. The molecule has 0 aliphatic heterocycles. The van der Waals surface area contributed by atoms with E-state index in [0.717, 1.165) is 18.9 Å². The van der Waals surface area contributed by atoms with Gasteiger partial charge in [0.05, 0.1) is 0 Å². The number of aromatic nitrogens is 4. The summed E-state index contributed by atoms with van der Waals surface area (Å²) in [6, 6.07) is 0. The number of nitrogens with zero attached hydrogens (tertiary/aromatic N) is 4. The first-order chi connectivity index (χ1) is 7.31. The highest BCUT2D eigenvalue weighted by atomic mass is 32.2. The molecule has 0 radical (unpaired) electrons. The molecule has 2 aromatic heterocycles. The Labute approximate surface area is 98.5 Å². The molecule has 0 aromatic carbocycles. The third-order valence-electron chi connectivity index (χ3n) is 1.42. The molecule has 0 aliphatic carbocycles. The van der Waals surface area contributed by atoms with Crippen molar-refractivity contribution in [2.45, 2.75) is 8.68 Å². The monoisotopic (exact) mass is 260 g/mol. The molecule has 2 heterocycles. The van der Waals surface area contributed by atoms with Gasteiger partial charge in [-0.2, -0.15) is 0 Å². The molecule has 0 aliphatic rings. The highest BCUT2D eigenvalue weighted by molar-refractivity contribution is 8.02. The van der Waals surface area contributed by atoms with E-state index in [1.165, 1.54) is 34.4 Å². The van der Waals surface area contributed by atoms with Crippen molar-refractivity contribution in [1.29, 1.82) is 0 Å². The first-order valence-corrected chi connectivity index (χ1v) is 6.47. The molecule has 0 bridgehead atoms. The van der Waals surface area contributed by atoms with Gasteiger partial charge in [-0.1, -0.05) is 22.7 Å². The van der Waals surface area contributed by atoms with Crippen molar-refractivity contribution in [3.8, 4) is 0 Å². The van der Waals surface area contributed by atoms with Gasteiger partial charge in [-0.15, -0.1) is 20.4 Å². The lowest BCUT2D eigenvalue weighted by molar-refractivity contribution is 0.992. The number of hydrogen-bond acceptors (Lipinski definition) is 9. The van der Waals surface area contributed by atoms with E-state index in [1.807, 2.05) is 14.1 Å². The first kappa shape index (κ1) is 10.6. The van der Waals surface area contributed by atoms with Gasteiger partial charge >= 0.3 is 0 Å². The van der Waals surface area contributed by atoms with Crippen LogP contribution in [-0.2, 0) is 0 Å². The van der Waals surface area contributed by atoms with Gasteiger partial charge in [0.25, 0.3) is 0 Å². The fourth-order valence-corrected chi connectivity index (χ4v) is 3.39. The van der Waals surface area contributed by atoms with Crippen molar-refractivity contribution in [3.05, 3.63) is 0 Å². The van der Waals surface area contributed by atoms with Crippen LogP contribution in [0.15, 0.2) is 8.68 Å². The summed E-state index contributed by atoms with van der Waals surface area (Å²) < 4.78 is 1.72. The summed E-state index contributed by atoms with van der Waals surface area (Å²) in [5.41, 5.74) is 0. The number of anilines is 2. The Morgan fingerprint density at radius 1 is 0.867 bits per heavy atom. The van der Waals surface area contributed by atoms with Crippen molar-refractivity contribution >= 4 is 44.7 Å². The molecule has 9 heteroatoms. The summed E-state index contributed by atoms with van der Waals surface area (Å²) in [4.78, 5) is 0. The van der Waals surface area contributed by atoms with Crippen LogP contribution in [0.2, 0.25) is 0 Å². The minimum absolute atomic E-state index is 0.802. The van der Waals surface area contributed by atoms with Gasteiger partial charge < -0.3 is 10.6 Å². The minimum Gasteiger partial charge on any atom is -0.363 e. The summed E-state index contributed by atoms with van der Waals surface area (Å²) in [6.45, 7) is 0. The van der Waals surface area contributed by atoms with Crippen molar-refractivity contribution in [2.24, 2.45) is 0 Å². The fraction of sp³-hybridized carbons (Fsp3) is 0.333. The van der Waals surface area contributed by atoms with E-state index in [2.05, 4.69) is 31.0 Å². The van der Waals surface area contributed by atoms with Crippen LogP contribution in [0.5, 0.6) is 0 Å². The summed E-state index contributed by atoms with van der Waals surface area (Å²) >= 11 is 4.46. The van der Waals surface area contributed by atoms with Crippen LogP contribution in [0.4, 0.5) is 10.3 Å². The smallest absolute Gasteiger partial charge is 0.206 e. The molecule has 0 atom stereocenters. The second-order valence-electron chi connectivity index (χ2n) is 2.35. The predicted octanol–water partition coefficient (Wildman–Crippen LogP) is 1.62. The topological polar surface area (TPSA) is 75.6 Å². The average molecular weight is 260 g/mol. The normalized spacial score (nSPS) is 10.3. The third-order valence-corrected chi connectivity index (χ3v) is 4.40. The lowest BCUT2D eigenvalue weighted by Gasteiger charge is -1.87. The molecule has 2 aromatic rings. The number of nitrogens with one attached hydrogen (secondary N) is 2. The molecule has 0 spiro atoms. The molecular weight excluding hydrogens is 252 g/mol. The first-order valence-electron chi connectivity index (χ1n) is 4.02. The summed E-state index contributed by atoms with van der Waals surface area (Å²) in [6.07, 6.45) is 0. The lowest BCUT2D eigenvalue weighted by Crippen LogP contribution is -1.84. The Balaban J connectivity index is 2.07. The van der Waals surface area contributed by atoms with Gasteiger partial charge in [0.15, 0.2) is 8.68 Å². The van der Waals surface area contributed by atoms with Crippen LogP contribution in [0.25, 0.3) is 0 Å². The summed E-state index contributed by atoms with van der Waals surface area (Å²) in [5, 5.41) is 23.4. The second kappa shape index (κ2) is 4.73. The Morgan fingerprint density at radius 2 is 1.33 bits per heavy atom. The SMILES string of the molecule is CNc1nnc(Sc2nnc(NC)s2)s1. The highest BCUT2D eigenvalue weighted by Crippen LogP contribution is 2.34. The predicted molar refractivity (Wildman–Crippen MR) is 63.0 cm³/mol. The molecule has 0 saturated carbocycles. The fourth-order valence-electron chi connectivity index (χ4n) is 0.779. The van der Waals surface area contributed by atoms with E-state index >= 15 is 0 Å². The van der Waals surface area contributed by atoms with Crippen molar-refractivity contribution < 1.29 is 0 Å². The maximum absolute atomic E-state index is 4.00. The maximum atomic E-state index is 4.00. The summed E-state index contributed by atoms with van der Waals surface area (Å²) in [5.74, 6) is 0. The van der Waals surface area contributed by atoms with Crippen LogP contribution < -0.4 is 10.6 Å². The third kappa shape index (κ3) is 2.55. The minimum atomic E-state index is 0.802. The van der Waals surface area contributed by atoms with Gasteiger partial charge in [-0.3, -0.25) is 0 Å². The molecule has 0 unspecified atom stereocenters. The van der Waals surface area contributed by atoms with Crippen LogP contribution in [0.3, 0.4) is 0 Å². The van der Waals surface area contributed by atoms with Crippen molar-refractivity contribution in [2.75, 3.05) is 24.7 Å². The second-order valence-corrected chi connectivity index (χ2v) is 5.80. The molecule has 15 heavy (non-hydrogen) atoms. The Hall–Kier alpha value is -0.930. The van der Waals surface area contributed by atoms with Gasteiger partial charge in [0.1, 0.15) is 0 Å². The van der Waals surface area contributed by atoms with Crippen LogP contribution in [-0.4, -0.2) is 34.5 Å². The summed E-state index contributed by atoms with van der Waals surface area (Å²) in [7, 11) is 3.64. The van der Waals surface area contributed by atoms with Crippen LogP contribution in [0, 0.1) is 0 Å². The quantitative estimate of drug-likeness (QED) is 0.865. The van der Waals surface area contributed by atoms with E-state index in [1.54, 1.807) is 0 Å². The molecule has 0 fully saturated rings. The van der Waals surface area contributed by atoms with E-state index in [4.69, 9.17) is 0 Å². The zero-order chi connectivity index (χ0) is 10.7. The molecule has 2 N–H and O–H groups in total. The van der Waals surface area contributed by atoms with Gasteiger partial charge in [-0.05, 0) is 11.8 Å². The van der Waals surface area contributed by atoms with E-state index in [-0.39, 0.29) is 0 Å². The van der Waals surface area contributed by atoms with Gasteiger partial charge in [-0.25, -0.2) is 0 Å². The molecule has 0 saturated heterocycles. The van der Waals surface area contributed by atoms with E-state index < -0.39 is 0 Å². The van der Waals surface area contributed by atoms with E-state index in [9.17, 15) is 0 Å². The molecule has 6 nitrogen and oxygen atoms in total. The standard InChI is InChI=1S/C6H8N6S3/c1-7-3-9-11-5(13-3)15-6-12-10-4(8-2)14-6/h1-2H3,(H,7,9)(H,8,10). The molecule has 2 rings (SSSR count). The number of rotatable bonds is 4. The molecular formula is C6H8N6S3. The van der Waals surface area contributed by atoms with Gasteiger partial charge in [0, 0.05) is 14.1 Å². The zero-order valence-electron chi connectivity index (χ0n) is 8.01. The van der Waals surface area contributed by atoms with E-state index in [0.29, 0.717) is 0 Å². The lowest BCUT2D eigenvalue weighted by atomic mass is 11.1. The Morgan fingerprint density at radius 3 is 1.67 bits per heavy atom. The molecule has 80 valence electrons. The zero-order valence-corrected chi connectivity index (χ0v) is 10.5. The van der Waals surface area contributed by atoms with Crippen molar-refractivity contribution in [1.82, 2.24) is 20.4 Å². The number of hydrogen-bond donors (Lipinski definition) is 2. The van der Waals surface area contributed by atoms with Gasteiger partial charge in [0.2, 0.25) is 10.3 Å². The largest absolute Gasteiger partial charge is 0.363 e. The van der Waals surface area contributed by atoms with Crippen LogP contribution in [0.1, 0.15) is 0 Å². The Kier molecular flexibility index (Phi) is 3.34. The average Bonchev–Trinajstić information content (AvgIpc) is 2.87. The van der Waals surface area contributed by atoms with Crippen LogP contribution >= 0.6 is 34.4 Å².